The largest absolute Gasteiger partial charge is 0.373 e. The molecule has 0 aromatic heterocycles. The van der Waals surface area contributed by atoms with Crippen molar-refractivity contribution >= 4 is 21.4 Å². The highest BCUT2D eigenvalue weighted by molar-refractivity contribution is 7.92. The molecule has 0 aliphatic heterocycles. The highest BCUT2D eigenvalue weighted by atomic mass is 35.5. The van der Waals surface area contributed by atoms with Gasteiger partial charge in [0.1, 0.15) is 0 Å². The SMILES string of the molecule is C/C(=C/CC/C(C)=C\C(C/C(C)=C\CC/C(C)=C\COCc1ccccc1)S(=O)(=O)c1ccc(C)cc1)CCl. The zero-order valence-electron chi connectivity index (χ0n) is 24.3. The number of aryl methyl sites for hydroxylation is 1. The molecular weight excluding hydrogens is 524 g/mol. The van der Waals surface area contributed by atoms with Crippen molar-refractivity contribution in [3.05, 3.63) is 112 Å². The molecule has 212 valence electrons. The molecule has 1 unspecified atom stereocenters. The van der Waals surface area contributed by atoms with Crippen molar-refractivity contribution in [1.82, 2.24) is 0 Å². The number of allylic oxidation sites excluding steroid dienone is 6. The van der Waals surface area contributed by atoms with Crippen molar-refractivity contribution in [2.75, 3.05) is 12.5 Å². The quantitative estimate of drug-likeness (QED) is 0.115. The van der Waals surface area contributed by atoms with Gasteiger partial charge in [-0.25, -0.2) is 8.42 Å². The van der Waals surface area contributed by atoms with Crippen LogP contribution in [-0.4, -0.2) is 26.2 Å². The minimum Gasteiger partial charge on any atom is -0.373 e. The number of sulfone groups is 1. The van der Waals surface area contributed by atoms with E-state index in [2.05, 4.69) is 37.3 Å². The first-order valence-electron chi connectivity index (χ1n) is 13.7. The van der Waals surface area contributed by atoms with Gasteiger partial charge < -0.3 is 4.74 Å². The van der Waals surface area contributed by atoms with Crippen LogP contribution >= 0.6 is 11.6 Å². The number of alkyl halides is 1. The van der Waals surface area contributed by atoms with Gasteiger partial charge >= 0.3 is 0 Å². The van der Waals surface area contributed by atoms with Crippen LogP contribution in [0.2, 0.25) is 0 Å². The second-order valence-corrected chi connectivity index (χ2v) is 12.9. The Morgan fingerprint density at radius 1 is 0.821 bits per heavy atom. The second-order valence-electron chi connectivity index (χ2n) is 10.5. The van der Waals surface area contributed by atoms with E-state index in [0.29, 0.717) is 30.4 Å². The summed E-state index contributed by atoms with van der Waals surface area (Å²) in [6.45, 7) is 11.3. The zero-order chi connectivity index (χ0) is 28.7. The topological polar surface area (TPSA) is 43.4 Å². The fraction of sp³-hybridized carbons (Fsp3) is 0.412. The molecule has 0 saturated heterocycles. The molecule has 0 aliphatic rings. The lowest BCUT2D eigenvalue weighted by Crippen LogP contribution is -2.20. The molecule has 0 heterocycles. The van der Waals surface area contributed by atoms with Gasteiger partial charge in [-0.3, -0.25) is 0 Å². The second kappa shape index (κ2) is 17.3. The summed E-state index contributed by atoms with van der Waals surface area (Å²) in [7, 11) is -3.51. The van der Waals surface area contributed by atoms with E-state index in [1.54, 1.807) is 12.1 Å². The predicted molar refractivity (Wildman–Crippen MR) is 167 cm³/mol. The summed E-state index contributed by atoms with van der Waals surface area (Å²) >= 11 is 5.89. The molecule has 0 amide bonds. The van der Waals surface area contributed by atoms with Crippen LogP contribution in [0.5, 0.6) is 0 Å². The van der Waals surface area contributed by atoms with Crippen molar-refractivity contribution in [2.24, 2.45) is 0 Å². The minimum atomic E-state index is -3.51. The summed E-state index contributed by atoms with van der Waals surface area (Å²) in [5.41, 5.74) is 6.79. The molecule has 2 aromatic carbocycles. The lowest BCUT2D eigenvalue weighted by atomic mass is 10.0. The Kier molecular flexibility index (Phi) is 14.6. The summed E-state index contributed by atoms with van der Waals surface area (Å²) < 4.78 is 33.1. The average Bonchev–Trinajstić information content (AvgIpc) is 2.91. The van der Waals surface area contributed by atoms with E-state index in [9.17, 15) is 8.42 Å². The van der Waals surface area contributed by atoms with Crippen LogP contribution in [0.15, 0.2) is 106 Å². The first kappa shape index (κ1) is 32.8. The molecule has 5 heteroatoms. The molecule has 0 aliphatic carbocycles. The van der Waals surface area contributed by atoms with Gasteiger partial charge in [0.25, 0.3) is 0 Å². The molecule has 0 fully saturated rings. The maximum absolute atomic E-state index is 13.7. The van der Waals surface area contributed by atoms with E-state index in [4.69, 9.17) is 16.3 Å². The Morgan fingerprint density at radius 2 is 1.44 bits per heavy atom. The maximum Gasteiger partial charge on any atom is 0.185 e. The molecule has 0 N–H and O–H groups in total. The Bertz CT molecular complexity index is 1240. The summed E-state index contributed by atoms with van der Waals surface area (Å²) in [5.74, 6) is 0.520. The van der Waals surface area contributed by atoms with E-state index >= 15 is 0 Å². The van der Waals surface area contributed by atoms with E-state index in [-0.39, 0.29) is 0 Å². The molecule has 3 nitrogen and oxygen atoms in total. The van der Waals surface area contributed by atoms with Crippen LogP contribution in [0.4, 0.5) is 0 Å². The normalized spacial score (nSPS) is 14.5. The summed E-state index contributed by atoms with van der Waals surface area (Å²) in [6.07, 6.45) is 12.3. The van der Waals surface area contributed by atoms with Crippen molar-refractivity contribution in [1.29, 1.82) is 0 Å². The van der Waals surface area contributed by atoms with Crippen LogP contribution in [0.1, 0.15) is 70.9 Å². The van der Waals surface area contributed by atoms with Gasteiger partial charge in [0, 0.05) is 5.88 Å². The van der Waals surface area contributed by atoms with Gasteiger partial charge in [-0.05, 0) is 84.4 Å². The Labute approximate surface area is 242 Å². The highest BCUT2D eigenvalue weighted by Gasteiger charge is 2.26. The van der Waals surface area contributed by atoms with Gasteiger partial charge in [-0.2, -0.15) is 0 Å². The first-order valence-corrected chi connectivity index (χ1v) is 15.8. The first-order chi connectivity index (χ1) is 18.6. The Morgan fingerprint density at radius 3 is 2.08 bits per heavy atom. The monoisotopic (exact) mass is 568 g/mol. The molecule has 0 radical (unpaired) electrons. The van der Waals surface area contributed by atoms with Gasteiger partial charge in [-0.15, -0.1) is 11.6 Å². The minimum absolute atomic E-state index is 0.377. The molecule has 0 spiro atoms. The fourth-order valence-electron chi connectivity index (χ4n) is 4.16. The van der Waals surface area contributed by atoms with Crippen LogP contribution in [0.25, 0.3) is 0 Å². The fourth-order valence-corrected chi connectivity index (χ4v) is 6.03. The molecule has 39 heavy (non-hydrogen) atoms. The molecular formula is C34H45ClO3S. The number of rotatable bonds is 16. The molecule has 2 aromatic rings. The number of benzene rings is 2. The third-order valence-electron chi connectivity index (χ3n) is 6.68. The molecule has 0 bridgehead atoms. The number of hydrogen-bond acceptors (Lipinski definition) is 3. The third-order valence-corrected chi connectivity index (χ3v) is 9.13. The molecule has 0 saturated carbocycles. The lowest BCUT2D eigenvalue weighted by Gasteiger charge is -2.17. The van der Waals surface area contributed by atoms with Crippen LogP contribution < -0.4 is 0 Å². The number of ether oxygens (including phenoxy) is 1. The van der Waals surface area contributed by atoms with Crippen LogP contribution in [0, 0.1) is 6.92 Å². The predicted octanol–water partition coefficient (Wildman–Crippen LogP) is 9.33. The zero-order valence-corrected chi connectivity index (χ0v) is 25.8. The van der Waals surface area contributed by atoms with Gasteiger partial charge in [0.15, 0.2) is 9.84 Å². The van der Waals surface area contributed by atoms with E-state index < -0.39 is 15.1 Å². The third kappa shape index (κ3) is 12.5. The molecule has 1 atom stereocenters. The molecule has 2 rings (SSSR count). The summed E-state index contributed by atoms with van der Waals surface area (Å²) in [6, 6.07) is 17.3. The van der Waals surface area contributed by atoms with Crippen molar-refractivity contribution in [3.63, 3.8) is 0 Å². The number of halogens is 1. The van der Waals surface area contributed by atoms with Crippen molar-refractivity contribution < 1.29 is 13.2 Å². The van der Waals surface area contributed by atoms with Gasteiger partial charge in [0.05, 0.1) is 23.4 Å². The van der Waals surface area contributed by atoms with Crippen molar-refractivity contribution in [2.45, 2.75) is 83.5 Å². The van der Waals surface area contributed by atoms with Crippen LogP contribution in [-0.2, 0) is 21.2 Å². The average molecular weight is 569 g/mol. The Hall–Kier alpha value is -2.40. The van der Waals surface area contributed by atoms with E-state index in [0.717, 1.165) is 48.0 Å². The summed E-state index contributed by atoms with van der Waals surface area (Å²) in [5, 5.41) is -0.599. The van der Waals surface area contributed by atoms with Gasteiger partial charge in [-0.1, -0.05) is 94.6 Å². The lowest BCUT2D eigenvalue weighted by molar-refractivity contribution is 0.148. The Balaban J connectivity index is 2.03. The van der Waals surface area contributed by atoms with Crippen LogP contribution in [0.3, 0.4) is 0 Å². The highest BCUT2D eigenvalue weighted by Crippen LogP contribution is 2.25. The summed E-state index contributed by atoms with van der Waals surface area (Å²) in [4.78, 5) is 0.377. The standard InChI is InChI=1S/C34H45ClO3S/c1-27(21-22-38-26-32-15-7-6-8-16-32)11-9-12-29(3)23-34(24-30(4)13-10-14-31(5)25-35)39(36,37)33-19-17-28(2)18-20-33/h6-8,12,14-21,24,34H,9-11,13,22-23,25-26H2,1-5H3/b27-21-,29-12-,30-24-,31-14-. The van der Waals surface area contributed by atoms with E-state index in [1.807, 2.05) is 64.1 Å². The smallest absolute Gasteiger partial charge is 0.185 e. The van der Waals surface area contributed by atoms with Crippen molar-refractivity contribution in [3.8, 4) is 0 Å². The van der Waals surface area contributed by atoms with Gasteiger partial charge in [0.2, 0.25) is 0 Å². The maximum atomic E-state index is 13.7. The van der Waals surface area contributed by atoms with E-state index in [1.165, 1.54) is 11.1 Å². The number of hydrogen-bond donors (Lipinski definition) is 0.